The van der Waals surface area contributed by atoms with Crippen LogP contribution < -0.4 is 0 Å². The van der Waals surface area contributed by atoms with E-state index in [1.807, 2.05) is 0 Å². The Hall–Kier alpha value is -0.800. The van der Waals surface area contributed by atoms with Crippen LogP contribution in [-0.2, 0) is 0 Å². The van der Waals surface area contributed by atoms with E-state index in [4.69, 9.17) is 11.6 Å². The van der Waals surface area contributed by atoms with Crippen LogP contribution in [0.1, 0.15) is 0 Å². The average molecular weight is 190 g/mol. The molecular weight excluding hydrogens is 185 g/mol. The quantitative estimate of drug-likeness (QED) is 0.690. The Labute approximate surface area is 74.2 Å². The van der Waals surface area contributed by atoms with Gasteiger partial charge < -0.3 is 4.98 Å². The van der Waals surface area contributed by atoms with Crippen molar-refractivity contribution in [3.8, 4) is 0 Å². The molecular formula is C6H5Cl2N3. The summed E-state index contributed by atoms with van der Waals surface area (Å²) in [6.45, 7) is 0. The Morgan fingerprint density at radius 1 is 1.36 bits per heavy atom. The molecule has 0 bridgehead atoms. The SMILES string of the molecule is Cl.Clc1ccnc2nc[nH]c12. The molecule has 0 aliphatic rings. The molecule has 2 aromatic rings. The predicted molar refractivity (Wildman–Crippen MR) is 46.1 cm³/mol. The number of fused-ring (bicyclic) bond motifs is 1. The first-order chi connectivity index (χ1) is 4.88. The third-order valence-electron chi connectivity index (χ3n) is 1.28. The van der Waals surface area contributed by atoms with Gasteiger partial charge in [0.25, 0.3) is 0 Å². The topological polar surface area (TPSA) is 41.6 Å². The molecule has 11 heavy (non-hydrogen) atoms. The van der Waals surface area contributed by atoms with Crippen molar-refractivity contribution in [1.29, 1.82) is 0 Å². The van der Waals surface area contributed by atoms with Gasteiger partial charge in [0.05, 0.1) is 11.3 Å². The van der Waals surface area contributed by atoms with Crippen LogP contribution in [0.4, 0.5) is 0 Å². The summed E-state index contributed by atoms with van der Waals surface area (Å²) in [6.07, 6.45) is 3.20. The second kappa shape index (κ2) is 3.07. The summed E-state index contributed by atoms with van der Waals surface area (Å²) < 4.78 is 0. The molecule has 3 nitrogen and oxygen atoms in total. The molecule has 2 heterocycles. The molecule has 0 fully saturated rings. The molecule has 5 heteroatoms. The minimum atomic E-state index is 0. The van der Waals surface area contributed by atoms with E-state index >= 15 is 0 Å². The van der Waals surface area contributed by atoms with E-state index in [1.165, 1.54) is 0 Å². The standard InChI is InChI=1S/C6H4ClN3.ClH/c7-4-1-2-8-6-5(4)9-3-10-6;/h1-3H,(H,8,9,10);1H. The Morgan fingerprint density at radius 2 is 2.18 bits per heavy atom. The average Bonchev–Trinajstić information content (AvgIpc) is 2.36. The Bertz CT molecular complexity index is 357. The van der Waals surface area contributed by atoms with Gasteiger partial charge in [-0.2, -0.15) is 0 Å². The van der Waals surface area contributed by atoms with Gasteiger partial charge in [0, 0.05) is 6.20 Å². The molecule has 0 saturated heterocycles. The van der Waals surface area contributed by atoms with Crippen LogP contribution in [0.3, 0.4) is 0 Å². The van der Waals surface area contributed by atoms with Crippen molar-refractivity contribution in [2.24, 2.45) is 0 Å². The van der Waals surface area contributed by atoms with Crippen molar-refractivity contribution >= 4 is 35.2 Å². The minimum absolute atomic E-state index is 0. The highest BCUT2D eigenvalue weighted by atomic mass is 35.5. The van der Waals surface area contributed by atoms with Crippen LogP contribution in [-0.4, -0.2) is 15.0 Å². The summed E-state index contributed by atoms with van der Waals surface area (Å²) in [4.78, 5) is 10.8. The van der Waals surface area contributed by atoms with Gasteiger partial charge in [-0.1, -0.05) is 11.6 Å². The molecule has 0 aliphatic heterocycles. The molecule has 58 valence electrons. The summed E-state index contributed by atoms with van der Waals surface area (Å²) in [5.74, 6) is 0. The van der Waals surface area contributed by atoms with E-state index in [9.17, 15) is 0 Å². The van der Waals surface area contributed by atoms with E-state index in [0.29, 0.717) is 10.7 Å². The first-order valence-corrected chi connectivity index (χ1v) is 3.19. The molecule has 0 atom stereocenters. The molecule has 2 aromatic heterocycles. The van der Waals surface area contributed by atoms with Crippen LogP contribution in [0.25, 0.3) is 11.2 Å². The highest BCUT2D eigenvalue weighted by molar-refractivity contribution is 6.34. The maximum atomic E-state index is 5.79. The molecule has 0 radical (unpaired) electrons. The monoisotopic (exact) mass is 189 g/mol. The fourth-order valence-electron chi connectivity index (χ4n) is 0.817. The molecule has 0 amide bonds. The molecule has 0 spiro atoms. The lowest BCUT2D eigenvalue weighted by atomic mass is 10.4. The first-order valence-electron chi connectivity index (χ1n) is 2.81. The third kappa shape index (κ3) is 1.29. The van der Waals surface area contributed by atoms with Crippen molar-refractivity contribution in [2.75, 3.05) is 0 Å². The van der Waals surface area contributed by atoms with E-state index < -0.39 is 0 Å². The molecule has 2 rings (SSSR count). The summed E-state index contributed by atoms with van der Waals surface area (Å²) in [7, 11) is 0. The zero-order valence-electron chi connectivity index (χ0n) is 5.41. The highest BCUT2D eigenvalue weighted by Crippen LogP contribution is 2.16. The number of hydrogen-bond donors (Lipinski definition) is 1. The van der Waals surface area contributed by atoms with Crippen molar-refractivity contribution < 1.29 is 0 Å². The third-order valence-corrected chi connectivity index (χ3v) is 1.59. The van der Waals surface area contributed by atoms with E-state index in [-0.39, 0.29) is 12.4 Å². The summed E-state index contributed by atoms with van der Waals surface area (Å²) in [5, 5.41) is 0.655. The van der Waals surface area contributed by atoms with E-state index in [0.717, 1.165) is 5.52 Å². The molecule has 0 aliphatic carbocycles. The van der Waals surface area contributed by atoms with Crippen LogP contribution in [0.15, 0.2) is 18.6 Å². The number of aromatic amines is 1. The number of imidazole rings is 1. The van der Waals surface area contributed by atoms with E-state index in [1.54, 1.807) is 18.6 Å². The number of halogens is 2. The Morgan fingerprint density at radius 3 is 2.91 bits per heavy atom. The van der Waals surface area contributed by atoms with Gasteiger partial charge in [-0.25, -0.2) is 9.97 Å². The number of nitrogens with one attached hydrogen (secondary N) is 1. The van der Waals surface area contributed by atoms with Crippen LogP contribution in [0.2, 0.25) is 5.02 Å². The van der Waals surface area contributed by atoms with Gasteiger partial charge in [-0.3, -0.25) is 0 Å². The zero-order chi connectivity index (χ0) is 6.97. The van der Waals surface area contributed by atoms with Crippen molar-refractivity contribution in [1.82, 2.24) is 15.0 Å². The molecule has 0 aromatic carbocycles. The van der Waals surface area contributed by atoms with Gasteiger partial charge in [0.2, 0.25) is 0 Å². The Balaban J connectivity index is 0.000000605. The van der Waals surface area contributed by atoms with Gasteiger partial charge >= 0.3 is 0 Å². The summed E-state index contributed by atoms with van der Waals surface area (Å²) >= 11 is 5.79. The van der Waals surface area contributed by atoms with Crippen LogP contribution in [0, 0.1) is 0 Å². The molecule has 0 unspecified atom stereocenters. The molecule has 1 N–H and O–H groups in total. The summed E-state index contributed by atoms with van der Waals surface area (Å²) in [5.41, 5.74) is 1.46. The second-order valence-corrected chi connectivity index (χ2v) is 2.30. The second-order valence-electron chi connectivity index (χ2n) is 1.89. The number of nitrogens with zero attached hydrogens (tertiary/aromatic N) is 2. The van der Waals surface area contributed by atoms with Gasteiger partial charge in [0.15, 0.2) is 5.65 Å². The van der Waals surface area contributed by atoms with E-state index in [2.05, 4.69) is 15.0 Å². The summed E-state index contributed by atoms with van der Waals surface area (Å²) in [6, 6.07) is 1.72. The molecule has 0 saturated carbocycles. The number of hydrogen-bond acceptors (Lipinski definition) is 2. The normalized spacial score (nSPS) is 9.55. The predicted octanol–water partition coefficient (Wildman–Crippen LogP) is 2.03. The van der Waals surface area contributed by atoms with Gasteiger partial charge in [-0.15, -0.1) is 12.4 Å². The van der Waals surface area contributed by atoms with Crippen molar-refractivity contribution in [3.63, 3.8) is 0 Å². The maximum absolute atomic E-state index is 5.79. The number of aromatic nitrogens is 3. The minimum Gasteiger partial charge on any atom is -0.342 e. The zero-order valence-corrected chi connectivity index (χ0v) is 6.99. The van der Waals surface area contributed by atoms with Gasteiger partial charge in [-0.05, 0) is 6.07 Å². The lowest BCUT2D eigenvalue weighted by Crippen LogP contribution is -1.74. The fraction of sp³-hybridized carbons (Fsp3) is 0. The van der Waals surface area contributed by atoms with Crippen LogP contribution in [0.5, 0.6) is 0 Å². The highest BCUT2D eigenvalue weighted by Gasteiger charge is 1.98. The lowest BCUT2D eigenvalue weighted by Gasteiger charge is -1.87. The smallest absolute Gasteiger partial charge is 0.178 e. The van der Waals surface area contributed by atoms with Crippen LogP contribution >= 0.6 is 24.0 Å². The fourth-order valence-corrected chi connectivity index (χ4v) is 1.01. The lowest BCUT2D eigenvalue weighted by molar-refractivity contribution is 1.30. The number of rotatable bonds is 0. The first kappa shape index (κ1) is 8.30. The van der Waals surface area contributed by atoms with Gasteiger partial charge in [0.1, 0.15) is 5.52 Å². The maximum Gasteiger partial charge on any atom is 0.178 e. The Kier molecular flexibility index (Phi) is 2.31. The largest absolute Gasteiger partial charge is 0.342 e. The number of H-pyrrole nitrogens is 1. The van der Waals surface area contributed by atoms with Crippen molar-refractivity contribution in [3.05, 3.63) is 23.6 Å². The van der Waals surface area contributed by atoms with Crippen molar-refractivity contribution in [2.45, 2.75) is 0 Å². The number of pyridine rings is 1.